The molecule has 1 N–H and O–H groups in total. The molecule has 1 aliphatic heterocycles. The average Bonchev–Trinajstić information content (AvgIpc) is 3.27. The first-order valence-electron chi connectivity index (χ1n) is 9.56. The van der Waals surface area contributed by atoms with Gasteiger partial charge in [0, 0.05) is 41.3 Å². The molecule has 0 saturated carbocycles. The number of nitrogens with one attached hydrogen (secondary N) is 1. The van der Waals surface area contributed by atoms with Crippen molar-refractivity contribution in [3.05, 3.63) is 52.2 Å². The number of methoxy groups -OCH3 is 1. The number of carbonyl (C=O) groups excluding carboxylic acids is 3. The van der Waals surface area contributed by atoms with Crippen LogP contribution in [0, 0.1) is 0 Å². The van der Waals surface area contributed by atoms with E-state index in [-0.39, 0.29) is 11.9 Å². The number of fused-ring (bicyclic) bond motifs is 1. The number of hydrogen-bond donors (Lipinski definition) is 1. The lowest BCUT2D eigenvalue weighted by atomic mass is 10.2. The van der Waals surface area contributed by atoms with E-state index in [0.717, 1.165) is 14.3 Å². The molecule has 0 spiro atoms. The molecule has 9 heteroatoms. The van der Waals surface area contributed by atoms with Crippen molar-refractivity contribution < 1.29 is 19.1 Å². The molecule has 0 unspecified atom stereocenters. The van der Waals surface area contributed by atoms with E-state index < -0.39 is 5.97 Å². The van der Waals surface area contributed by atoms with Gasteiger partial charge in [0.25, 0.3) is 5.91 Å². The second kappa shape index (κ2) is 8.85. The van der Waals surface area contributed by atoms with Crippen molar-refractivity contribution in [1.29, 1.82) is 0 Å². The number of hydrogen-bond acceptors (Lipinski definition) is 6. The molecule has 3 heterocycles. The molecule has 156 valence electrons. The lowest BCUT2D eigenvalue weighted by Crippen LogP contribution is -2.39. The minimum atomic E-state index is -0.455. The predicted octanol–water partition coefficient (Wildman–Crippen LogP) is 4.13. The van der Waals surface area contributed by atoms with Crippen LogP contribution >= 0.6 is 22.7 Å². The van der Waals surface area contributed by atoms with Gasteiger partial charge in [0.05, 0.1) is 17.6 Å². The zero-order valence-electron chi connectivity index (χ0n) is 16.4. The first-order chi connectivity index (χ1) is 14.5. The molecule has 1 aromatic carbocycles. The monoisotopic (exact) mass is 443 g/mol. The van der Waals surface area contributed by atoms with Crippen LogP contribution in [0.4, 0.5) is 10.5 Å². The quantitative estimate of drug-likeness (QED) is 0.618. The number of nitrogens with zero attached hydrogens (tertiary/aromatic N) is 2. The molecule has 7 nitrogen and oxygen atoms in total. The molecule has 0 aliphatic carbocycles. The number of thiophene rings is 2. The van der Waals surface area contributed by atoms with E-state index in [4.69, 9.17) is 4.74 Å². The van der Waals surface area contributed by atoms with Crippen molar-refractivity contribution in [2.24, 2.45) is 0 Å². The maximum absolute atomic E-state index is 12.9. The zero-order chi connectivity index (χ0) is 21.1. The lowest BCUT2D eigenvalue weighted by Gasteiger charge is -2.22. The van der Waals surface area contributed by atoms with Crippen molar-refractivity contribution >= 4 is 55.7 Å². The number of carbonyl (C=O) groups is 3. The number of amides is 3. The van der Waals surface area contributed by atoms with Crippen molar-refractivity contribution in [3.8, 4) is 0 Å². The maximum Gasteiger partial charge on any atom is 0.337 e. The zero-order valence-corrected chi connectivity index (χ0v) is 18.1. The number of benzene rings is 1. The van der Waals surface area contributed by atoms with E-state index in [2.05, 4.69) is 5.32 Å². The SMILES string of the molecule is COC(=O)c1cccc(NC(=O)N2CCCN(C(=O)c3cc4sccc4s3)CC2)c1. The molecule has 0 radical (unpaired) electrons. The van der Waals surface area contributed by atoms with Crippen LogP contribution in [0.2, 0.25) is 0 Å². The number of esters is 1. The summed E-state index contributed by atoms with van der Waals surface area (Å²) in [6, 6.07) is 10.4. The summed E-state index contributed by atoms with van der Waals surface area (Å²) in [5.41, 5.74) is 0.900. The summed E-state index contributed by atoms with van der Waals surface area (Å²) >= 11 is 3.15. The second-order valence-electron chi connectivity index (χ2n) is 6.90. The van der Waals surface area contributed by atoms with Crippen LogP contribution in [-0.2, 0) is 4.74 Å². The third-order valence-corrected chi connectivity index (χ3v) is 7.04. The summed E-state index contributed by atoms with van der Waals surface area (Å²) < 4.78 is 6.98. The van der Waals surface area contributed by atoms with Crippen LogP contribution in [-0.4, -0.2) is 61.0 Å². The third-order valence-electron chi connectivity index (χ3n) is 4.96. The first-order valence-corrected chi connectivity index (χ1v) is 11.3. The average molecular weight is 444 g/mol. The van der Waals surface area contributed by atoms with Crippen LogP contribution in [0.1, 0.15) is 26.5 Å². The molecular formula is C21H21N3O4S2. The summed E-state index contributed by atoms with van der Waals surface area (Å²) in [7, 11) is 1.32. The maximum atomic E-state index is 12.9. The van der Waals surface area contributed by atoms with Gasteiger partial charge >= 0.3 is 12.0 Å². The Balaban J connectivity index is 1.37. The lowest BCUT2D eigenvalue weighted by molar-refractivity contribution is 0.0600. The third kappa shape index (κ3) is 4.31. The van der Waals surface area contributed by atoms with E-state index in [1.165, 1.54) is 18.4 Å². The van der Waals surface area contributed by atoms with Gasteiger partial charge < -0.3 is 19.9 Å². The van der Waals surface area contributed by atoms with Crippen molar-refractivity contribution in [1.82, 2.24) is 9.80 Å². The van der Waals surface area contributed by atoms with E-state index in [1.807, 2.05) is 22.4 Å². The smallest absolute Gasteiger partial charge is 0.337 e. The van der Waals surface area contributed by atoms with Crippen molar-refractivity contribution in [2.75, 3.05) is 38.6 Å². The van der Waals surface area contributed by atoms with Crippen LogP contribution in [0.3, 0.4) is 0 Å². The number of anilines is 1. The van der Waals surface area contributed by atoms with Crippen LogP contribution in [0.25, 0.3) is 9.40 Å². The van der Waals surface area contributed by atoms with Crippen LogP contribution in [0.5, 0.6) is 0 Å². The molecule has 4 rings (SSSR count). The number of rotatable bonds is 3. The fourth-order valence-electron chi connectivity index (χ4n) is 3.39. The van der Waals surface area contributed by atoms with Crippen LogP contribution < -0.4 is 5.32 Å². The van der Waals surface area contributed by atoms with Gasteiger partial charge in [0.1, 0.15) is 0 Å². The van der Waals surface area contributed by atoms with E-state index in [1.54, 1.807) is 40.5 Å². The normalized spacial score (nSPS) is 14.4. The summed E-state index contributed by atoms with van der Waals surface area (Å²) in [6.07, 6.45) is 0.709. The Morgan fingerprint density at radius 2 is 1.80 bits per heavy atom. The molecule has 1 fully saturated rings. The van der Waals surface area contributed by atoms with E-state index in [9.17, 15) is 14.4 Å². The second-order valence-corrected chi connectivity index (χ2v) is 8.93. The minimum absolute atomic E-state index is 0.0245. The summed E-state index contributed by atoms with van der Waals surface area (Å²) in [4.78, 5) is 41.5. The fourth-order valence-corrected chi connectivity index (χ4v) is 5.47. The molecule has 0 bridgehead atoms. The van der Waals surface area contributed by atoms with Crippen LogP contribution in [0.15, 0.2) is 41.8 Å². The van der Waals surface area contributed by atoms with Gasteiger partial charge in [-0.3, -0.25) is 4.79 Å². The fraction of sp³-hybridized carbons (Fsp3) is 0.286. The van der Waals surface area contributed by atoms with Crippen molar-refractivity contribution in [2.45, 2.75) is 6.42 Å². The highest BCUT2D eigenvalue weighted by Crippen LogP contribution is 2.30. The largest absolute Gasteiger partial charge is 0.465 e. The highest BCUT2D eigenvalue weighted by atomic mass is 32.1. The Labute approximate surface area is 181 Å². The Kier molecular flexibility index (Phi) is 6.01. The highest BCUT2D eigenvalue weighted by Gasteiger charge is 2.24. The summed E-state index contributed by atoms with van der Waals surface area (Å²) in [5, 5.41) is 4.85. The van der Waals surface area contributed by atoms with Gasteiger partial charge in [-0.25, -0.2) is 9.59 Å². The van der Waals surface area contributed by atoms with E-state index >= 15 is 0 Å². The number of urea groups is 1. The predicted molar refractivity (Wildman–Crippen MR) is 119 cm³/mol. The molecule has 2 aromatic heterocycles. The van der Waals surface area contributed by atoms with Gasteiger partial charge in [0.2, 0.25) is 0 Å². The highest BCUT2D eigenvalue weighted by molar-refractivity contribution is 7.27. The summed E-state index contributed by atoms with van der Waals surface area (Å²) in [6.45, 7) is 2.12. The molecular weight excluding hydrogens is 422 g/mol. The van der Waals surface area contributed by atoms with Gasteiger partial charge in [-0.2, -0.15) is 0 Å². The summed E-state index contributed by atoms with van der Waals surface area (Å²) in [5.74, 6) is -0.431. The Morgan fingerprint density at radius 3 is 2.60 bits per heavy atom. The Bertz CT molecular complexity index is 1060. The van der Waals surface area contributed by atoms with Gasteiger partial charge in [-0.1, -0.05) is 6.07 Å². The molecule has 3 aromatic rings. The minimum Gasteiger partial charge on any atom is -0.465 e. The first kappa shape index (κ1) is 20.4. The molecule has 1 aliphatic rings. The molecule has 0 atom stereocenters. The van der Waals surface area contributed by atoms with Gasteiger partial charge in [-0.15, -0.1) is 22.7 Å². The molecule has 30 heavy (non-hydrogen) atoms. The standard InChI is InChI=1S/C21H21N3O4S2/c1-28-20(26)14-4-2-5-15(12-14)22-21(27)24-8-3-7-23(9-10-24)19(25)18-13-17-16(30-18)6-11-29-17/h2,4-6,11-13H,3,7-10H2,1H3,(H,22,27). The van der Waals surface area contributed by atoms with Crippen molar-refractivity contribution in [3.63, 3.8) is 0 Å². The topological polar surface area (TPSA) is 79.0 Å². The van der Waals surface area contributed by atoms with Gasteiger partial charge in [-0.05, 0) is 42.1 Å². The van der Waals surface area contributed by atoms with Gasteiger partial charge in [0.15, 0.2) is 0 Å². The Morgan fingerprint density at radius 1 is 1.00 bits per heavy atom. The number of ether oxygens (including phenoxy) is 1. The molecule has 1 saturated heterocycles. The molecule has 3 amide bonds. The Hall–Kier alpha value is -2.91. The van der Waals surface area contributed by atoms with E-state index in [0.29, 0.717) is 43.9 Å².